The van der Waals surface area contributed by atoms with Gasteiger partial charge in [0.25, 0.3) is 0 Å². The van der Waals surface area contributed by atoms with Gasteiger partial charge in [0, 0.05) is 0 Å². The summed E-state index contributed by atoms with van der Waals surface area (Å²) in [7, 11) is -1.94. The van der Waals surface area contributed by atoms with Gasteiger partial charge >= 0.3 is 220 Å². The van der Waals surface area contributed by atoms with E-state index in [2.05, 4.69) is 67.6 Å². The van der Waals surface area contributed by atoms with Crippen molar-refractivity contribution < 1.29 is 14.0 Å². The van der Waals surface area contributed by atoms with Crippen molar-refractivity contribution in [1.29, 1.82) is 0 Å². The molecule has 0 spiro atoms. The van der Waals surface area contributed by atoms with Gasteiger partial charge < -0.3 is 0 Å². The standard InChI is InChI=1S/C17H33O3Si.3C4H9.Sn/c1-8-9-10-12-16(13-11-14-19-15(2)18)20-21(6,7)17(3,4)5;3*1-3-4-2;/h11,16H,8-10,12,14H2,1-7H3;3*1,3-4H2,2H3;. The fraction of sp³-hybridized carbons (Fsp3) is 0.897. The second-order valence-electron chi connectivity index (χ2n) is 11.9. The molecule has 3 nitrogen and oxygen atoms in total. The SMILES string of the molecule is CCCCCC(O[Si](C)(C)C(C)(C)C)/[C](=C/COC(C)=O)[Sn]([CH2]CCC)([CH2]CCC)[CH2]CCC. The molecule has 202 valence electrons. The van der Waals surface area contributed by atoms with Gasteiger partial charge in [-0.2, -0.15) is 0 Å². The zero-order valence-electron chi connectivity index (χ0n) is 24.8. The quantitative estimate of drug-likeness (QED) is 0.0838. The van der Waals surface area contributed by atoms with Crippen LogP contribution in [-0.4, -0.2) is 45.4 Å². The Kier molecular flexibility index (Phi) is 17.7. The third-order valence-corrected chi connectivity index (χ3v) is 28.6. The molecule has 0 radical (unpaired) electrons. The van der Waals surface area contributed by atoms with Crippen molar-refractivity contribution in [3.05, 3.63) is 9.67 Å². The van der Waals surface area contributed by atoms with Crippen molar-refractivity contribution >= 4 is 32.7 Å². The number of unbranched alkanes of at least 4 members (excludes halogenated alkanes) is 5. The first-order valence-corrected chi connectivity index (χ1v) is 24.8. The molecule has 0 aromatic carbocycles. The summed E-state index contributed by atoms with van der Waals surface area (Å²) >= 11 is -2.76. The van der Waals surface area contributed by atoms with Crippen molar-refractivity contribution in [3.63, 3.8) is 0 Å². The van der Waals surface area contributed by atoms with Crippen LogP contribution in [-0.2, 0) is 14.0 Å². The Bertz CT molecular complexity index is 559. The maximum absolute atomic E-state index is 11.7. The van der Waals surface area contributed by atoms with E-state index in [0.717, 1.165) is 6.42 Å². The molecular formula is C29H60O3SiSn. The number of rotatable bonds is 19. The first-order valence-electron chi connectivity index (χ1n) is 14.4. The molecule has 0 aromatic rings. The fourth-order valence-electron chi connectivity index (χ4n) is 4.68. The summed E-state index contributed by atoms with van der Waals surface area (Å²) in [5, 5.41) is 0.186. The topological polar surface area (TPSA) is 35.5 Å². The van der Waals surface area contributed by atoms with E-state index in [9.17, 15) is 4.79 Å². The molecule has 0 heterocycles. The number of hydrogen-bond acceptors (Lipinski definition) is 3. The summed E-state index contributed by atoms with van der Waals surface area (Å²) < 4.78 is 18.7. The molecular weight excluding hydrogens is 543 g/mol. The van der Waals surface area contributed by atoms with Crippen LogP contribution >= 0.6 is 0 Å². The van der Waals surface area contributed by atoms with Gasteiger partial charge in [-0.25, -0.2) is 0 Å². The average molecular weight is 604 g/mol. The third-order valence-electron chi connectivity index (χ3n) is 7.89. The summed E-state index contributed by atoms with van der Waals surface area (Å²) in [5.74, 6) is -0.181. The first kappa shape index (κ1) is 34.2. The van der Waals surface area contributed by atoms with Crippen molar-refractivity contribution in [2.24, 2.45) is 0 Å². The number of carbonyl (C=O) groups is 1. The van der Waals surface area contributed by atoms with Gasteiger partial charge in [-0.1, -0.05) is 0 Å². The molecule has 0 saturated heterocycles. The zero-order chi connectivity index (χ0) is 26.3. The fourth-order valence-corrected chi connectivity index (χ4v) is 23.8. The van der Waals surface area contributed by atoms with Gasteiger partial charge in [-0.15, -0.1) is 0 Å². The number of esters is 1. The molecule has 1 unspecified atom stereocenters. The van der Waals surface area contributed by atoms with Crippen LogP contribution in [0.25, 0.3) is 0 Å². The predicted molar refractivity (Wildman–Crippen MR) is 156 cm³/mol. The number of ether oxygens (including phenoxy) is 1. The molecule has 0 N–H and O–H groups in total. The van der Waals surface area contributed by atoms with Crippen molar-refractivity contribution in [2.75, 3.05) is 6.61 Å². The Morgan fingerprint density at radius 1 is 0.853 bits per heavy atom. The molecule has 1 atom stereocenters. The molecule has 0 saturated carbocycles. The number of hydrogen-bond donors (Lipinski definition) is 0. The third kappa shape index (κ3) is 12.4. The average Bonchev–Trinajstić information content (AvgIpc) is 2.75. The van der Waals surface area contributed by atoms with Crippen LogP contribution < -0.4 is 0 Å². The van der Waals surface area contributed by atoms with Gasteiger partial charge in [0.2, 0.25) is 0 Å². The molecule has 0 fully saturated rings. The van der Waals surface area contributed by atoms with E-state index in [4.69, 9.17) is 9.16 Å². The van der Waals surface area contributed by atoms with E-state index in [0.29, 0.717) is 6.61 Å². The molecule has 0 aromatic heterocycles. The van der Waals surface area contributed by atoms with Gasteiger partial charge in [0.1, 0.15) is 0 Å². The van der Waals surface area contributed by atoms with Crippen LogP contribution in [0.4, 0.5) is 0 Å². The maximum atomic E-state index is 11.7. The Labute approximate surface area is 219 Å². The van der Waals surface area contributed by atoms with Crippen LogP contribution in [0.1, 0.15) is 120 Å². The second kappa shape index (κ2) is 17.6. The van der Waals surface area contributed by atoms with E-state index in [1.165, 1.54) is 78.0 Å². The van der Waals surface area contributed by atoms with E-state index in [-0.39, 0.29) is 17.1 Å². The van der Waals surface area contributed by atoms with Crippen LogP contribution in [0.5, 0.6) is 0 Å². The van der Waals surface area contributed by atoms with Gasteiger partial charge in [0.05, 0.1) is 0 Å². The van der Waals surface area contributed by atoms with E-state index in [1.807, 2.05) is 0 Å². The predicted octanol–water partition coefficient (Wildman–Crippen LogP) is 9.83. The zero-order valence-corrected chi connectivity index (χ0v) is 28.6. The molecule has 34 heavy (non-hydrogen) atoms. The summed E-state index contributed by atoms with van der Waals surface area (Å²) in [6.45, 7) is 23.1. The normalized spacial score (nSPS) is 14.4. The van der Waals surface area contributed by atoms with E-state index in [1.54, 1.807) is 3.59 Å². The van der Waals surface area contributed by atoms with Crippen LogP contribution in [0.15, 0.2) is 9.67 Å². The van der Waals surface area contributed by atoms with Crippen LogP contribution in [0, 0.1) is 0 Å². The molecule has 0 aliphatic rings. The summed E-state index contributed by atoms with van der Waals surface area (Å²) in [6.07, 6.45) is 15.2. The monoisotopic (exact) mass is 604 g/mol. The van der Waals surface area contributed by atoms with Gasteiger partial charge in [-0.05, 0) is 0 Å². The minimum absolute atomic E-state index is 0.181. The first-order chi connectivity index (χ1) is 15.9. The molecule has 0 aliphatic heterocycles. The van der Waals surface area contributed by atoms with Crippen molar-refractivity contribution in [1.82, 2.24) is 0 Å². The Morgan fingerprint density at radius 3 is 1.71 bits per heavy atom. The Balaban J connectivity index is 6.63. The Morgan fingerprint density at radius 2 is 1.32 bits per heavy atom. The number of carbonyl (C=O) groups excluding carboxylic acids is 1. The molecule has 5 heteroatoms. The van der Waals surface area contributed by atoms with Crippen LogP contribution in [0.3, 0.4) is 0 Å². The molecule has 0 aliphatic carbocycles. The summed E-state index contributed by atoms with van der Waals surface area (Å²) in [6, 6.07) is 0. The van der Waals surface area contributed by atoms with E-state index >= 15 is 0 Å². The molecule has 0 rings (SSSR count). The van der Waals surface area contributed by atoms with Crippen molar-refractivity contribution in [2.45, 2.75) is 157 Å². The molecule has 0 bridgehead atoms. The van der Waals surface area contributed by atoms with Gasteiger partial charge in [0.15, 0.2) is 0 Å². The van der Waals surface area contributed by atoms with Gasteiger partial charge in [-0.3, -0.25) is 0 Å². The summed E-state index contributed by atoms with van der Waals surface area (Å²) in [5.41, 5.74) is 0. The second-order valence-corrected chi connectivity index (χ2v) is 29.9. The Hall–Kier alpha value is 0.186. The summed E-state index contributed by atoms with van der Waals surface area (Å²) in [4.78, 5) is 11.7. The van der Waals surface area contributed by atoms with Crippen LogP contribution in [0.2, 0.25) is 31.4 Å². The molecule has 0 amide bonds. The van der Waals surface area contributed by atoms with E-state index < -0.39 is 26.7 Å². The minimum atomic E-state index is -2.76. The van der Waals surface area contributed by atoms with Crippen molar-refractivity contribution in [3.8, 4) is 0 Å².